The van der Waals surface area contributed by atoms with Gasteiger partial charge in [-0.05, 0) is 0 Å². The molecule has 0 aromatic heterocycles. The third-order valence-corrected chi connectivity index (χ3v) is 11.1. The molecule has 0 bridgehead atoms. The van der Waals surface area contributed by atoms with Crippen LogP contribution in [0.15, 0.2) is 47.6 Å². The largest absolute Gasteiger partial charge is 1.00 e. The molecule has 0 heterocycles. The summed E-state index contributed by atoms with van der Waals surface area (Å²) >= 11 is -0.676. The fraction of sp³-hybridized carbons (Fsp3) is 0.636. The first kappa shape index (κ1) is 25.4. The first-order chi connectivity index (χ1) is 11.2. The van der Waals surface area contributed by atoms with E-state index in [9.17, 15) is 0 Å². The zero-order valence-corrected chi connectivity index (χ0v) is 20.3. The third-order valence-electron chi connectivity index (χ3n) is 5.28. The average molecular weight is 461 g/mol. The molecule has 2 rings (SSSR count). The molecule has 0 N–H and O–H groups in total. The molecule has 2 aliphatic carbocycles. The van der Waals surface area contributed by atoms with Crippen molar-refractivity contribution >= 4 is 0 Å². The minimum atomic E-state index is -0.676. The van der Waals surface area contributed by atoms with Gasteiger partial charge in [0.05, 0.1) is 0 Å². The van der Waals surface area contributed by atoms with Crippen LogP contribution in [0.3, 0.4) is 0 Å². The van der Waals surface area contributed by atoms with E-state index in [1.807, 2.05) is 0 Å². The normalized spacial score (nSPS) is 26.6. The molecular weight excluding hydrogens is 426 g/mol. The topological polar surface area (TPSA) is 0 Å². The number of halogens is 2. The predicted molar refractivity (Wildman–Crippen MR) is 99.5 cm³/mol. The van der Waals surface area contributed by atoms with Crippen LogP contribution in [0.2, 0.25) is 6.25 Å². The Morgan fingerprint density at radius 2 is 1.08 bits per heavy atom. The van der Waals surface area contributed by atoms with Gasteiger partial charge in [-0.25, -0.2) is 0 Å². The van der Waals surface area contributed by atoms with Crippen LogP contribution in [0.25, 0.3) is 0 Å². The molecule has 2 atom stereocenters. The molecule has 0 saturated heterocycles. The van der Waals surface area contributed by atoms with E-state index < -0.39 is 23.2 Å². The summed E-state index contributed by atoms with van der Waals surface area (Å²) in [5.41, 5.74) is 3.53. The summed E-state index contributed by atoms with van der Waals surface area (Å²) in [6, 6.07) is 0. The molecule has 0 amide bonds. The van der Waals surface area contributed by atoms with Gasteiger partial charge in [0.15, 0.2) is 0 Å². The third kappa shape index (κ3) is 5.70. The Morgan fingerprint density at radius 3 is 1.40 bits per heavy atom. The van der Waals surface area contributed by atoms with Gasteiger partial charge < -0.3 is 24.8 Å². The first-order valence-corrected chi connectivity index (χ1v) is 12.2. The molecule has 0 nitrogen and oxygen atoms in total. The van der Waals surface area contributed by atoms with Crippen molar-refractivity contribution in [2.45, 2.75) is 85.3 Å². The molecule has 140 valence electrons. The molecule has 0 spiro atoms. The summed E-state index contributed by atoms with van der Waals surface area (Å²) in [6.07, 6.45) is 25.4. The fourth-order valence-corrected chi connectivity index (χ4v) is 10.9. The van der Waals surface area contributed by atoms with Gasteiger partial charge in [0.2, 0.25) is 0 Å². The van der Waals surface area contributed by atoms with Crippen molar-refractivity contribution in [1.82, 2.24) is 0 Å². The summed E-state index contributed by atoms with van der Waals surface area (Å²) in [6.45, 7) is 9.41. The van der Waals surface area contributed by atoms with E-state index in [4.69, 9.17) is 0 Å². The van der Waals surface area contributed by atoms with Gasteiger partial charge in [-0.3, -0.25) is 0 Å². The number of allylic oxidation sites excluding steroid dienone is 8. The molecule has 0 fully saturated rings. The summed E-state index contributed by atoms with van der Waals surface area (Å²) in [4.78, 5) is 0. The zero-order valence-electron chi connectivity index (χ0n) is 16.4. The quantitative estimate of drug-likeness (QED) is 0.465. The Balaban J connectivity index is 0.00000288. The van der Waals surface area contributed by atoms with E-state index in [0.717, 1.165) is 0 Å². The maximum absolute atomic E-state index is 2.61. The van der Waals surface area contributed by atoms with Gasteiger partial charge in [-0.2, -0.15) is 0 Å². The number of hydrogen-bond acceptors (Lipinski definition) is 0. The van der Waals surface area contributed by atoms with Crippen LogP contribution in [0.4, 0.5) is 0 Å². The molecule has 2 unspecified atom stereocenters. The van der Waals surface area contributed by atoms with Crippen LogP contribution < -0.4 is 24.8 Å². The van der Waals surface area contributed by atoms with Crippen molar-refractivity contribution < 1.29 is 48.0 Å². The SMILES string of the molecule is CCCC1=CC=C[C]1(CCC)[Zr+2][C]1(CCC)C=CC=C1CCC.[Cl-].[Cl-]. The maximum atomic E-state index is 2.61. The van der Waals surface area contributed by atoms with E-state index in [2.05, 4.69) is 64.2 Å². The summed E-state index contributed by atoms with van der Waals surface area (Å²) < 4.78 is 0.954. The summed E-state index contributed by atoms with van der Waals surface area (Å²) in [7, 11) is 0. The van der Waals surface area contributed by atoms with E-state index in [1.165, 1.54) is 51.4 Å². The van der Waals surface area contributed by atoms with Crippen LogP contribution in [0.5, 0.6) is 0 Å². The van der Waals surface area contributed by atoms with Crippen LogP contribution in [-0.4, -0.2) is 0 Å². The predicted octanol–water partition coefficient (Wildman–Crippen LogP) is 1.59. The molecule has 0 aliphatic heterocycles. The fourth-order valence-electron chi connectivity index (χ4n) is 4.36. The minimum Gasteiger partial charge on any atom is -1.00 e. The van der Waals surface area contributed by atoms with E-state index in [0.29, 0.717) is 6.25 Å². The second-order valence-electron chi connectivity index (χ2n) is 7.17. The first-order valence-electron chi connectivity index (χ1n) is 9.73. The number of hydrogen-bond donors (Lipinski definition) is 0. The second kappa shape index (κ2) is 12.0. The van der Waals surface area contributed by atoms with Crippen LogP contribution in [-0.2, 0) is 23.2 Å². The molecule has 25 heavy (non-hydrogen) atoms. The van der Waals surface area contributed by atoms with Gasteiger partial charge in [0.25, 0.3) is 0 Å². The smallest absolute Gasteiger partial charge is 1.00 e. The van der Waals surface area contributed by atoms with E-state index >= 15 is 0 Å². The monoisotopic (exact) mass is 458 g/mol. The second-order valence-corrected chi connectivity index (χ2v) is 12.2. The Labute approximate surface area is 180 Å². The summed E-state index contributed by atoms with van der Waals surface area (Å²) in [5.74, 6) is 0. The van der Waals surface area contributed by atoms with Crippen LogP contribution >= 0.6 is 0 Å². The standard InChI is InChI=1S/2C11H17.2ClH.Zr/c2*1-3-6-10-8-5-9-11(10)7-4-2;;;/h2*5,8-9H,3-4,6-7H2,1-2H3;2*1H;/q;;;;+2/p-2. The maximum Gasteiger partial charge on any atom is -1.00 e. The Morgan fingerprint density at radius 1 is 0.680 bits per heavy atom. The van der Waals surface area contributed by atoms with Crippen molar-refractivity contribution in [2.24, 2.45) is 0 Å². The van der Waals surface area contributed by atoms with Gasteiger partial charge in [-0.1, -0.05) is 0 Å². The van der Waals surface area contributed by atoms with Crippen molar-refractivity contribution in [3.63, 3.8) is 0 Å². The van der Waals surface area contributed by atoms with Crippen molar-refractivity contribution in [1.29, 1.82) is 0 Å². The summed E-state index contributed by atoms with van der Waals surface area (Å²) in [5, 5.41) is 0. The van der Waals surface area contributed by atoms with Gasteiger partial charge in [-0.15, -0.1) is 0 Å². The molecule has 0 aromatic carbocycles. The van der Waals surface area contributed by atoms with E-state index in [-0.39, 0.29) is 24.8 Å². The molecule has 0 aromatic rings. The van der Waals surface area contributed by atoms with Crippen molar-refractivity contribution in [2.75, 3.05) is 0 Å². The van der Waals surface area contributed by atoms with Gasteiger partial charge in [0, 0.05) is 0 Å². The average Bonchev–Trinajstić information content (AvgIpc) is 3.07. The Hall–Kier alpha value is 0.423. The van der Waals surface area contributed by atoms with Gasteiger partial charge in [0.1, 0.15) is 0 Å². The molecule has 3 heteroatoms. The van der Waals surface area contributed by atoms with Crippen molar-refractivity contribution in [3.8, 4) is 0 Å². The Kier molecular flexibility index (Phi) is 12.2. The Bertz CT molecular complexity index is 472. The molecule has 0 radical (unpaired) electrons. The van der Waals surface area contributed by atoms with Crippen LogP contribution in [0.1, 0.15) is 79.1 Å². The van der Waals surface area contributed by atoms with E-state index in [1.54, 1.807) is 11.1 Å². The van der Waals surface area contributed by atoms with Gasteiger partial charge >= 0.3 is 156 Å². The molecule has 2 aliphatic rings. The molecule has 0 saturated carbocycles. The van der Waals surface area contributed by atoms with Crippen LogP contribution in [0, 0.1) is 0 Å². The zero-order chi connectivity index (χ0) is 16.8. The molecular formula is C22H34Cl2Zr. The van der Waals surface area contributed by atoms with Crippen molar-refractivity contribution in [3.05, 3.63) is 47.6 Å². The minimum absolute atomic E-state index is 0. The number of rotatable bonds is 10.